The standard InChI is InChI=1S/C87H148O16P2/c1-4-7-10-13-16-19-22-25-28-30-32-34-36-37-38-39-40-41-42-43-45-47-48-50-53-55-58-61-64-67-70-73-85(90)97-76-82(88)77-99-104(93,94)100-78-83(89)79-101-105(95,96)102-81-84(103-87(92)75-72-69-66-63-60-57-52-27-24-21-18-15-12-9-6-3)80-98-86(91)74-71-68-65-62-59-56-54-51-49-46-44-35-33-31-29-26-23-20-17-14-11-8-5-2/h7,9-10,12,16-21,25-29,32-35,37-38,46,49,52,82-84,88-89H,4-6,8,11,13-15,22-24,30-31,36,39-45,47-48,50-51,53-81H2,1-3H3,(H,93,94)(H,95,96)/b10-7-,12-9-,19-16-,20-17-,21-18-,28-25-,29-26-,34-32-,35-33-,38-37-,49-46-,52-27-. The molecule has 5 atom stereocenters. The number of hydrogen-bond acceptors (Lipinski definition) is 14. The van der Waals surface area contributed by atoms with E-state index in [2.05, 4.69) is 167 Å². The average molecular weight is 1510 g/mol. The van der Waals surface area contributed by atoms with Gasteiger partial charge in [0.2, 0.25) is 0 Å². The molecule has 0 aromatic rings. The molecule has 5 unspecified atom stereocenters. The van der Waals surface area contributed by atoms with Crippen molar-refractivity contribution < 1.29 is 75.8 Å². The lowest BCUT2D eigenvalue weighted by molar-refractivity contribution is -0.161. The molecule has 16 nitrogen and oxygen atoms in total. The number of aliphatic hydroxyl groups is 2. The van der Waals surface area contributed by atoms with Crippen LogP contribution in [0, 0.1) is 0 Å². The van der Waals surface area contributed by atoms with E-state index in [-0.39, 0.29) is 19.3 Å². The van der Waals surface area contributed by atoms with Gasteiger partial charge in [-0.05, 0) is 141 Å². The van der Waals surface area contributed by atoms with Crippen LogP contribution in [0.1, 0.15) is 329 Å². The van der Waals surface area contributed by atoms with Crippen LogP contribution in [0.25, 0.3) is 0 Å². The smallest absolute Gasteiger partial charge is 0.463 e. The highest BCUT2D eigenvalue weighted by Gasteiger charge is 2.29. The van der Waals surface area contributed by atoms with Crippen LogP contribution in [-0.2, 0) is 55.8 Å². The third-order valence-corrected chi connectivity index (χ3v) is 18.9. The largest absolute Gasteiger partial charge is 0.472 e. The molecular weight excluding hydrogens is 1360 g/mol. The lowest BCUT2D eigenvalue weighted by Gasteiger charge is -2.21. The average Bonchev–Trinajstić information content (AvgIpc) is 0.965. The van der Waals surface area contributed by atoms with Crippen LogP contribution in [0.5, 0.6) is 0 Å². The molecule has 0 amide bonds. The third-order valence-electron chi connectivity index (χ3n) is 17.0. The fourth-order valence-corrected chi connectivity index (χ4v) is 12.4. The first-order valence-corrected chi connectivity index (χ1v) is 44.1. The number of phosphoric acid groups is 2. The minimum absolute atomic E-state index is 0.0794. The second-order valence-electron chi connectivity index (χ2n) is 27.2. The predicted molar refractivity (Wildman–Crippen MR) is 436 cm³/mol. The van der Waals surface area contributed by atoms with Gasteiger partial charge in [-0.1, -0.05) is 314 Å². The Morgan fingerprint density at radius 1 is 0.276 bits per heavy atom. The highest BCUT2D eigenvalue weighted by molar-refractivity contribution is 7.47. The van der Waals surface area contributed by atoms with Gasteiger partial charge in [0.15, 0.2) is 6.10 Å². The van der Waals surface area contributed by atoms with Gasteiger partial charge in [0.05, 0.1) is 26.4 Å². The molecule has 0 rings (SSSR count). The van der Waals surface area contributed by atoms with E-state index < -0.39 is 91.5 Å². The van der Waals surface area contributed by atoms with E-state index in [1.54, 1.807) is 0 Å². The molecule has 0 saturated heterocycles. The van der Waals surface area contributed by atoms with Gasteiger partial charge >= 0.3 is 33.6 Å². The van der Waals surface area contributed by atoms with Gasteiger partial charge in [-0.3, -0.25) is 32.5 Å². The topological polar surface area (TPSA) is 231 Å². The highest BCUT2D eigenvalue weighted by Crippen LogP contribution is 2.45. The Bertz CT molecular complexity index is 2490. The van der Waals surface area contributed by atoms with Crippen LogP contribution in [-0.4, -0.2) is 95.9 Å². The van der Waals surface area contributed by atoms with Crippen LogP contribution in [0.2, 0.25) is 0 Å². The van der Waals surface area contributed by atoms with Crippen molar-refractivity contribution in [2.45, 2.75) is 347 Å². The van der Waals surface area contributed by atoms with E-state index >= 15 is 0 Å². The van der Waals surface area contributed by atoms with Gasteiger partial charge in [0.25, 0.3) is 0 Å². The molecule has 0 saturated carbocycles. The highest BCUT2D eigenvalue weighted by atomic mass is 31.2. The second-order valence-corrected chi connectivity index (χ2v) is 30.1. The zero-order valence-corrected chi connectivity index (χ0v) is 67.6. The summed E-state index contributed by atoms with van der Waals surface area (Å²) < 4.78 is 61.2. The molecule has 0 heterocycles. The molecule has 0 radical (unpaired) electrons. The first-order valence-electron chi connectivity index (χ1n) is 41.1. The van der Waals surface area contributed by atoms with Gasteiger partial charge in [0, 0.05) is 19.3 Å². The molecule has 0 aliphatic heterocycles. The SMILES string of the molecule is CC/C=C\C/C=C\C/C=C\C/C=C\C/C=C\CCCCCCCCCCCCCCCCCC(=O)OCC(O)COP(=O)(O)OCC(O)COP(=O)(O)OCC(COC(=O)CCCCCCCCC/C=C\C/C=C\C/C=C\C/C=C\CCCCC)OC(=O)CCCCCCC/C=C\C/C=C\C/C=C\CC. The maximum atomic E-state index is 13.0. The number of rotatable bonds is 77. The molecule has 0 aromatic carbocycles. The van der Waals surface area contributed by atoms with Crippen LogP contribution < -0.4 is 0 Å². The van der Waals surface area contributed by atoms with Crippen molar-refractivity contribution in [3.05, 3.63) is 146 Å². The van der Waals surface area contributed by atoms with E-state index in [0.717, 1.165) is 167 Å². The van der Waals surface area contributed by atoms with Gasteiger partial charge in [0.1, 0.15) is 25.4 Å². The number of carbonyl (C=O) groups excluding carboxylic acids is 3. The van der Waals surface area contributed by atoms with Crippen molar-refractivity contribution >= 4 is 33.6 Å². The summed E-state index contributed by atoms with van der Waals surface area (Å²) in [4.78, 5) is 58.7. The molecular formula is C87H148O16P2. The van der Waals surface area contributed by atoms with E-state index in [9.17, 15) is 43.5 Å². The summed E-state index contributed by atoms with van der Waals surface area (Å²) in [5, 5.41) is 20.7. The zero-order valence-electron chi connectivity index (χ0n) is 65.9. The number of esters is 3. The van der Waals surface area contributed by atoms with Crippen molar-refractivity contribution in [2.75, 3.05) is 39.6 Å². The van der Waals surface area contributed by atoms with E-state index in [0.29, 0.717) is 19.3 Å². The van der Waals surface area contributed by atoms with Crippen molar-refractivity contribution in [3.63, 3.8) is 0 Å². The van der Waals surface area contributed by atoms with Crippen molar-refractivity contribution in [1.82, 2.24) is 0 Å². The number of phosphoric ester groups is 2. The maximum absolute atomic E-state index is 13.0. The van der Waals surface area contributed by atoms with Gasteiger partial charge in [-0.25, -0.2) is 9.13 Å². The van der Waals surface area contributed by atoms with Crippen LogP contribution in [0.15, 0.2) is 146 Å². The fraction of sp³-hybridized carbons (Fsp3) is 0.690. The Hall–Kier alpha value is -4.57. The summed E-state index contributed by atoms with van der Waals surface area (Å²) in [6.07, 6.45) is 97.6. The molecule has 602 valence electrons. The summed E-state index contributed by atoms with van der Waals surface area (Å²) in [6.45, 7) is 2.41. The van der Waals surface area contributed by atoms with Gasteiger partial charge in [-0.15, -0.1) is 0 Å². The predicted octanol–water partition coefficient (Wildman–Crippen LogP) is 24.4. The molecule has 0 aliphatic rings. The Kier molecular flexibility index (Phi) is 75.6. The summed E-state index contributed by atoms with van der Waals surface area (Å²) in [7, 11) is -9.80. The number of unbranched alkanes of at least 4 members (excludes halogenated alkanes) is 30. The van der Waals surface area contributed by atoms with Crippen LogP contribution in [0.3, 0.4) is 0 Å². The number of aliphatic hydroxyl groups excluding tert-OH is 2. The Morgan fingerprint density at radius 3 is 0.800 bits per heavy atom. The molecule has 0 fully saturated rings. The minimum Gasteiger partial charge on any atom is -0.463 e. The van der Waals surface area contributed by atoms with Gasteiger partial charge < -0.3 is 34.2 Å². The molecule has 0 spiro atoms. The van der Waals surface area contributed by atoms with Crippen molar-refractivity contribution in [3.8, 4) is 0 Å². The number of hydrogen-bond donors (Lipinski definition) is 4. The second kappa shape index (κ2) is 79.0. The monoisotopic (exact) mass is 1510 g/mol. The van der Waals surface area contributed by atoms with Gasteiger partial charge in [-0.2, -0.15) is 0 Å². The number of allylic oxidation sites excluding steroid dienone is 24. The lowest BCUT2D eigenvalue weighted by atomic mass is 10.0. The third kappa shape index (κ3) is 80.3. The Morgan fingerprint density at radius 2 is 0.505 bits per heavy atom. The van der Waals surface area contributed by atoms with E-state index in [1.165, 1.54) is 103 Å². The quantitative estimate of drug-likeness (QED) is 0.0146. The summed E-state index contributed by atoms with van der Waals surface area (Å²) in [6, 6.07) is 0. The van der Waals surface area contributed by atoms with Crippen molar-refractivity contribution in [1.29, 1.82) is 0 Å². The zero-order chi connectivity index (χ0) is 76.6. The lowest BCUT2D eigenvalue weighted by Crippen LogP contribution is -2.30. The fourth-order valence-electron chi connectivity index (χ4n) is 10.8. The molecule has 0 aliphatic carbocycles. The van der Waals surface area contributed by atoms with E-state index in [1.807, 2.05) is 0 Å². The minimum atomic E-state index is -4.94. The molecule has 18 heteroatoms. The Labute approximate surface area is 638 Å². The Balaban J connectivity index is 4.51. The molecule has 105 heavy (non-hydrogen) atoms. The summed E-state index contributed by atoms with van der Waals surface area (Å²) in [5.41, 5.74) is 0. The first kappa shape index (κ1) is 100. The molecule has 4 N–H and O–H groups in total. The molecule has 0 aromatic heterocycles. The summed E-state index contributed by atoms with van der Waals surface area (Å²) in [5.74, 6) is -1.60. The van der Waals surface area contributed by atoms with Crippen molar-refractivity contribution in [2.24, 2.45) is 0 Å². The first-order chi connectivity index (χ1) is 51.2. The van der Waals surface area contributed by atoms with E-state index in [4.69, 9.17) is 32.3 Å². The number of carbonyl (C=O) groups is 3. The normalized spacial score (nSPS) is 14.7. The van der Waals surface area contributed by atoms with Crippen LogP contribution in [0.4, 0.5) is 0 Å². The van der Waals surface area contributed by atoms with Crippen LogP contribution >= 0.6 is 15.6 Å². The summed E-state index contributed by atoms with van der Waals surface area (Å²) >= 11 is 0. The molecule has 0 bridgehead atoms. The number of ether oxygens (including phenoxy) is 3. The maximum Gasteiger partial charge on any atom is 0.472 e.